The molecule has 1 heteroatoms. The van der Waals surface area contributed by atoms with Crippen LogP contribution in [0.4, 0.5) is 0 Å². The fraction of sp³-hybridized carbons (Fsp3) is 0.370. The van der Waals surface area contributed by atoms with Gasteiger partial charge in [-0.25, -0.2) is 4.57 Å². The van der Waals surface area contributed by atoms with E-state index in [0.717, 1.165) is 36.1 Å². The number of aryl methyl sites for hydroxylation is 2. The van der Waals surface area contributed by atoms with Crippen molar-refractivity contribution in [2.75, 3.05) is 0 Å². The summed E-state index contributed by atoms with van der Waals surface area (Å²) in [5.74, 6) is 0. The van der Waals surface area contributed by atoms with E-state index in [9.17, 15) is 0 Å². The van der Waals surface area contributed by atoms with E-state index in [-0.39, 0.29) is 0 Å². The number of hydrogen-bond donors (Lipinski definition) is 0. The standard InChI is InChI=1S/C27H30N/c1-20-8-4-5-9-25(20)26-17-22(12-15-28(26)2)21-10-11-23-18-27(19-24(23)16-21)13-6-3-7-14-27/h4-5,8-12,15-17H,3,6-7,13-14,18-19H2,1-2H3/q+1/i18D2,19D2. The van der Waals surface area contributed by atoms with E-state index in [4.69, 9.17) is 5.48 Å². The normalized spacial score (nSPS) is 23.4. The van der Waals surface area contributed by atoms with Gasteiger partial charge in [-0.05, 0) is 71.8 Å². The number of aromatic nitrogens is 1. The van der Waals surface area contributed by atoms with Gasteiger partial charge in [-0.15, -0.1) is 0 Å². The zero-order valence-corrected chi connectivity index (χ0v) is 16.8. The Kier molecular flexibility index (Phi) is 3.37. The molecule has 0 unspecified atom stereocenters. The maximum absolute atomic E-state index is 9.09. The highest BCUT2D eigenvalue weighted by atomic mass is 14.9. The van der Waals surface area contributed by atoms with Gasteiger partial charge in [0.05, 0.1) is 0 Å². The first-order chi connectivity index (χ1) is 15.2. The summed E-state index contributed by atoms with van der Waals surface area (Å²) in [6.07, 6.45) is 2.79. The second kappa shape index (κ2) is 6.88. The molecule has 0 aliphatic heterocycles. The Bertz CT molecular complexity index is 1190. The van der Waals surface area contributed by atoms with E-state index in [1.165, 1.54) is 11.1 Å². The van der Waals surface area contributed by atoms with Crippen molar-refractivity contribution in [1.29, 1.82) is 0 Å². The highest BCUT2D eigenvalue weighted by Crippen LogP contribution is 2.47. The lowest BCUT2D eigenvalue weighted by molar-refractivity contribution is -0.660. The third-order valence-corrected chi connectivity index (χ3v) is 6.38. The summed E-state index contributed by atoms with van der Waals surface area (Å²) in [7, 11) is 2.04. The van der Waals surface area contributed by atoms with Crippen molar-refractivity contribution in [2.45, 2.75) is 51.8 Å². The molecule has 2 aliphatic carbocycles. The van der Waals surface area contributed by atoms with Crippen molar-refractivity contribution < 1.29 is 10.1 Å². The largest absolute Gasteiger partial charge is 0.213 e. The van der Waals surface area contributed by atoms with Crippen molar-refractivity contribution in [1.82, 2.24) is 0 Å². The number of pyridine rings is 1. The average molecular weight is 373 g/mol. The van der Waals surface area contributed by atoms with Crippen molar-refractivity contribution >= 4 is 0 Å². The van der Waals surface area contributed by atoms with E-state index < -0.39 is 18.2 Å². The SMILES string of the molecule is [2H]C1([2H])c2ccc(-c3cc[n+](C)c(-c4ccccc4C)c3)cc2C([2H])([2H])C12CCCCC2. The summed E-state index contributed by atoms with van der Waals surface area (Å²) >= 11 is 0. The molecule has 0 radical (unpaired) electrons. The highest BCUT2D eigenvalue weighted by Gasteiger charge is 2.37. The minimum absolute atomic E-state index is 0.535. The molecule has 1 nitrogen and oxygen atoms in total. The minimum Gasteiger partial charge on any atom is -0.201 e. The topological polar surface area (TPSA) is 3.88 Å². The summed E-state index contributed by atoms with van der Waals surface area (Å²) in [4.78, 5) is 0. The maximum atomic E-state index is 9.09. The zero-order chi connectivity index (χ0) is 22.7. The van der Waals surface area contributed by atoms with Gasteiger partial charge < -0.3 is 0 Å². The van der Waals surface area contributed by atoms with Crippen LogP contribution in [0.3, 0.4) is 0 Å². The first-order valence-electron chi connectivity index (χ1n) is 12.4. The molecule has 0 N–H and O–H groups in total. The molecule has 1 saturated carbocycles. The van der Waals surface area contributed by atoms with Crippen LogP contribution in [0.15, 0.2) is 60.8 Å². The number of nitrogens with zero attached hydrogens (tertiary/aromatic N) is 1. The lowest BCUT2D eigenvalue weighted by Gasteiger charge is -2.33. The zero-order valence-electron chi connectivity index (χ0n) is 20.8. The van der Waals surface area contributed by atoms with Crippen LogP contribution in [-0.4, -0.2) is 0 Å². The number of rotatable bonds is 2. The number of hydrogen-bond acceptors (Lipinski definition) is 0. The Labute approximate surface area is 174 Å². The van der Waals surface area contributed by atoms with Gasteiger partial charge in [0.2, 0.25) is 5.69 Å². The van der Waals surface area contributed by atoms with Gasteiger partial charge in [-0.3, -0.25) is 0 Å². The number of benzene rings is 2. The average Bonchev–Trinajstić information content (AvgIpc) is 2.91. The van der Waals surface area contributed by atoms with Crippen LogP contribution in [0.25, 0.3) is 22.4 Å². The summed E-state index contributed by atoms with van der Waals surface area (Å²) in [6.45, 7) is 2.11. The van der Waals surface area contributed by atoms with E-state index in [2.05, 4.69) is 35.8 Å². The highest BCUT2D eigenvalue weighted by molar-refractivity contribution is 5.71. The Balaban J connectivity index is 1.63. The first-order valence-corrected chi connectivity index (χ1v) is 10.4. The molecule has 0 amide bonds. The summed E-state index contributed by atoms with van der Waals surface area (Å²) in [6, 6.07) is 18.2. The molecule has 0 atom stereocenters. The molecule has 142 valence electrons. The second-order valence-electron chi connectivity index (χ2n) is 8.38. The molecule has 0 bridgehead atoms. The van der Waals surface area contributed by atoms with Crippen LogP contribution in [0.1, 0.15) is 54.3 Å². The van der Waals surface area contributed by atoms with Crippen molar-refractivity contribution in [3.05, 3.63) is 77.5 Å². The van der Waals surface area contributed by atoms with E-state index in [1.807, 2.05) is 43.6 Å². The molecule has 1 fully saturated rings. The summed E-state index contributed by atoms with van der Waals surface area (Å²) < 4.78 is 38.2. The second-order valence-corrected chi connectivity index (χ2v) is 8.38. The number of fused-ring (bicyclic) bond motifs is 1. The van der Waals surface area contributed by atoms with Crippen molar-refractivity contribution in [3.8, 4) is 22.4 Å². The summed E-state index contributed by atoms with van der Waals surface area (Å²) in [5.41, 5.74) is 5.54. The Morgan fingerprint density at radius 1 is 0.857 bits per heavy atom. The van der Waals surface area contributed by atoms with Gasteiger partial charge in [0.1, 0.15) is 7.05 Å². The van der Waals surface area contributed by atoms with Gasteiger partial charge in [-0.2, -0.15) is 0 Å². The van der Waals surface area contributed by atoms with Crippen LogP contribution < -0.4 is 4.57 Å². The smallest absolute Gasteiger partial charge is 0.201 e. The molecular formula is C27H30N+. The monoisotopic (exact) mass is 372 g/mol. The van der Waals surface area contributed by atoms with Crippen LogP contribution in [0, 0.1) is 12.3 Å². The molecule has 2 aromatic carbocycles. The minimum atomic E-state index is -1.68. The first kappa shape index (κ1) is 13.7. The molecule has 5 rings (SSSR count). The van der Waals surface area contributed by atoms with Crippen molar-refractivity contribution in [2.24, 2.45) is 12.5 Å². The molecule has 28 heavy (non-hydrogen) atoms. The van der Waals surface area contributed by atoms with Gasteiger partial charge in [0.15, 0.2) is 6.20 Å². The molecule has 1 aromatic heterocycles. The fourth-order valence-electron chi connectivity index (χ4n) is 4.77. The predicted octanol–water partition coefficient (Wildman–Crippen LogP) is 6.20. The van der Waals surface area contributed by atoms with Crippen LogP contribution in [0.2, 0.25) is 0 Å². The Hall–Kier alpha value is -2.41. The van der Waals surface area contributed by atoms with Gasteiger partial charge in [-0.1, -0.05) is 55.7 Å². The van der Waals surface area contributed by atoms with Crippen LogP contribution >= 0.6 is 0 Å². The summed E-state index contributed by atoms with van der Waals surface area (Å²) in [5, 5.41) is 0. The predicted molar refractivity (Wildman–Crippen MR) is 116 cm³/mol. The van der Waals surface area contributed by atoms with Gasteiger partial charge in [0.25, 0.3) is 0 Å². The van der Waals surface area contributed by atoms with Gasteiger partial charge >= 0.3 is 0 Å². The third kappa shape index (κ3) is 3.07. The van der Waals surface area contributed by atoms with Crippen LogP contribution in [-0.2, 0) is 19.8 Å². The Morgan fingerprint density at radius 2 is 1.61 bits per heavy atom. The molecule has 3 aromatic rings. The molecule has 2 aliphatic rings. The molecule has 1 heterocycles. The van der Waals surface area contributed by atoms with E-state index in [0.29, 0.717) is 24.0 Å². The molecule has 1 spiro atoms. The van der Waals surface area contributed by atoms with E-state index in [1.54, 1.807) is 0 Å². The quantitative estimate of drug-likeness (QED) is 0.471. The Morgan fingerprint density at radius 3 is 2.43 bits per heavy atom. The lowest BCUT2D eigenvalue weighted by atomic mass is 9.72. The third-order valence-electron chi connectivity index (χ3n) is 6.38. The van der Waals surface area contributed by atoms with Crippen LogP contribution in [0.5, 0.6) is 0 Å². The van der Waals surface area contributed by atoms with E-state index >= 15 is 0 Å². The molecule has 0 saturated heterocycles. The van der Waals surface area contributed by atoms with Crippen molar-refractivity contribution in [3.63, 3.8) is 0 Å². The fourth-order valence-corrected chi connectivity index (χ4v) is 4.77. The maximum Gasteiger partial charge on any atom is 0.213 e. The molecular weight excluding hydrogens is 338 g/mol. The lowest BCUT2D eigenvalue weighted by Crippen LogP contribution is -2.30. The van der Waals surface area contributed by atoms with Gasteiger partial charge in [0, 0.05) is 23.2 Å².